The predicted molar refractivity (Wildman–Crippen MR) is 96.0 cm³/mol. The third kappa shape index (κ3) is 4.73. The molecule has 1 N–H and O–H groups in total. The van der Waals surface area contributed by atoms with Crippen LogP contribution >= 0.6 is 11.3 Å². The molecule has 3 heterocycles. The number of hydrogen-bond donors (Lipinski definition) is 1. The number of anilines is 2. The first-order valence-corrected chi connectivity index (χ1v) is 10.4. The number of nitrogens with one attached hydrogen (secondary N) is 1. The van der Waals surface area contributed by atoms with E-state index in [1.165, 1.54) is 28.1 Å². The second-order valence-electron chi connectivity index (χ2n) is 5.75. The number of piperazine rings is 1. The van der Waals surface area contributed by atoms with Gasteiger partial charge < -0.3 is 5.32 Å². The van der Waals surface area contributed by atoms with E-state index < -0.39 is 10.0 Å². The van der Waals surface area contributed by atoms with Crippen LogP contribution < -0.4 is 5.32 Å². The first-order valence-electron chi connectivity index (χ1n) is 7.69. The van der Waals surface area contributed by atoms with Crippen LogP contribution in [0.15, 0.2) is 24.5 Å². The number of hydrogen-bond acceptors (Lipinski definition) is 8. The summed E-state index contributed by atoms with van der Waals surface area (Å²) >= 11 is 1.28. The third-order valence-corrected chi connectivity index (χ3v) is 6.00. The van der Waals surface area contributed by atoms with E-state index in [-0.39, 0.29) is 0 Å². The molecule has 0 aliphatic carbocycles. The fourth-order valence-electron chi connectivity index (χ4n) is 2.61. The topological polar surface area (TPSA) is 102 Å². The molecule has 132 valence electrons. The monoisotopic (exact) mass is 378 g/mol. The molecule has 2 aromatic heterocycles. The molecule has 1 aliphatic rings. The van der Waals surface area contributed by atoms with E-state index >= 15 is 0 Å². The summed E-state index contributed by atoms with van der Waals surface area (Å²) in [6.07, 6.45) is 4.50. The maximum absolute atomic E-state index is 11.6. The van der Waals surface area contributed by atoms with Crippen molar-refractivity contribution < 1.29 is 8.42 Å². The van der Waals surface area contributed by atoms with Crippen LogP contribution in [0.25, 0.3) is 0 Å². The lowest BCUT2D eigenvalue weighted by molar-refractivity contribution is 0.182. The standard InChI is InChI=1S/C15H18N6O2S2/c1-25(22,23)21-6-4-20(5-7-21)11-12-2-3-17-14(8-12)19-15-18-10-13(9-16)24-15/h2-3,8,10H,4-7,11H2,1H3,(H,17,18,19). The highest BCUT2D eigenvalue weighted by Gasteiger charge is 2.23. The van der Waals surface area contributed by atoms with Gasteiger partial charge in [0.2, 0.25) is 10.0 Å². The van der Waals surface area contributed by atoms with E-state index in [0.29, 0.717) is 42.0 Å². The summed E-state index contributed by atoms with van der Waals surface area (Å²) in [5.74, 6) is 0.672. The zero-order valence-electron chi connectivity index (χ0n) is 13.7. The first-order chi connectivity index (χ1) is 11.9. The highest BCUT2D eigenvalue weighted by atomic mass is 32.2. The van der Waals surface area contributed by atoms with E-state index in [0.717, 1.165) is 12.1 Å². The Morgan fingerprint density at radius 2 is 2.08 bits per heavy atom. The van der Waals surface area contributed by atoms with E-state index in [1.807, 2.05) is 12.1 Å². The minimum atomic E-state index is -3.11. The molecule has 25 heavy (non-hydrogen) atoms. The van der Waals surface area contributed by atoms with Gasteiger partial charge in [0, 0.05) is 38.9 Å². The van der Waals surface area contributed by atoms with Gasteiger partial charge in [-0.15, -0.1) is 0 Å². The van der Waals surface area contributed by atoms with Crippen molar-refractivity contribution in [3.8, 4) is 6.07 Å². The van der Waals surface area contributed by atoms with E-state index in [9.17, 15) is 8.42 Å². The zero-order valence-corrected chi connectivity index (χ0v) is 15.3. The molecule has 0 amide bonds. The van der Waals surface area contributed by atoms with Gasteiger partial charge in [-0.05, 0) is 17.7 Å². The molecule has 1 fully saturated rings. The predicted octanol–water partition coefficient (Wildman–Crippen LogP) is 1.23. The summed E-state index contributed by atoms with van der Waals surface area (Å²) in [7, 11) is -3.11. The largest absolute Gasteiger partial charge is 0.316 e. The number of nitrogens with zero attached hydrogens (tertiary/aromatic N) is 5. The number of aromatic nitrogens is 2. The Bertz CT molecular complexity index is 881. The smallest absolute Gasteiger partial charge is 0.211 e. The molecule has 10 heteroatoms. The molecule has 0 unspecified atom stereocenters. The molecule has 0 radical (unpaired) electrons. The zero-order chi connectivity index (χ0) is 17.9. The van der Waals surface area contributed by atoms with Crippen LogP contribution in [0.2, 0.25) is 0 Å². The van der Waals surface area contributed by atoms with Gasteiger partial charge in [-0.25, -0.2) is 18.4 Å². The molecule has 0 bridgehead atoms. The number of thiazole rings is 1. The van der Waals surface area contributed by atoms with Crippen molar-refractivity contribution in [2.75, 3.05) is 37.8 Å². The Balaban J connectivity index is 1.60. The summed E-state index contributed by atoms with van der Waals surface area (Å²) in [5.41, 5.74) is 1.09. The van der Waals surface area contributed by atoms with Crippen molar-refractivity contribution in [3.05, 3.63) is 35.0 Å². The maximum atomic E-state index is 11.6. The Morgan fingerprint density at radius 3 is 2.72 bits per heavy atom. The molecule has 1 saturated heterocycles. The van der Waals surface area contributed by atoms with Crippen LogP contribution in [0.4, 0.5) is 10.9 Å². The number of rotatable bonds is 5. The molecule has 0 atom stereocenters. The van der Waals surface area contributed by atoms with Gasteiger partial charge in [-0.1, -0.05) is 11.3 Å². The first kappa shape index (κ1) is 17.8. The van der Waals surface area contributed by atoms with Crippen LogP contribution in [0.1, 0.15) is 10.4 Å². The van der Waals surface area contributed by atoms with Gasteiger partial charge in [0.15, 0.2) is 5.13 Å². The van der Waals surface area contributed by atoms with Crippen molar-refractivity contribution in [1.29, 1.82) is 5.26 Å². The van der Waals surface area contributed by atoms with Crippen molar-refractivity contribution in [3.63, 3.8) is 0 Å². The Hall–Kier alpha value is -2.06. The van der Waals surface area contributed by atoms with Gasteiger partial charge in [-0.2, -0.15) is 9.57 Å². The summed E-state index contributed by atoms with van der Waals surface area (Å²) < 4.78 is 24.6. The minimum Gasteiger partial charge on any atom is -0.316 e. The summed E-state index contributed by atoms with van der Waals surface area (Å²) in [6.45, 7) is 3.18. The molecule has 2 aromatic rings. The van der Waals surface area contributed by atoms with Crippen molar-refractivity contribution in [2.24, 2.45) is 0 Å². The average molecular weight is 378 g/mol. The van der Waals surface area contributed by atoms with Gasteiger partial charge in [-0.3, -0.25) is 4.90 Å². The highest BCUT2D eigenvalue weighted by molar-refractivity contribution is 7.88. The van der Waals surface area contributed by atoms with Crippen LogP contribution in [0.5, 0.6) is 0 Å². The normalized spacial score (nSPS) is 16.5. The average Bonchev–Trinajstić information content (AvgIpc) is 3.02. The van der Waals surface area contributed by atoms with Crippen molar-refractivity contribution >= 4 is 32.3 Å². The van der Waals surface area contributed by atoms with Crippen molar-refractivity contribution in [1.82, 2.24) is 19.2 Å². The van der Waals surface area contributed by atoms with E-state index in [4.69, 9.17) is 5.26 Å². The van der Waals surface area contributed by atoms with Crippen LogP contribution in [0, 0.1) is 11.3 Å². The molecular weight excluding hydrogens is 360 g/mol. The van der Waals surface area contributed by atoms with Crippen LogP contribution in [-0.2, 0) is 16.6 Å². The molecule has 0 aromatic carbocycles. The lowest BCUT2D eigenvalue weighted by Gasteiger charge is -2.33. The second kappa shape index (κ2) is 7.45. The lowest BCUT2D eigenvalue weighted by atomic mass is 10.2. The van der Waals surface area contributed by atoms with Gasteiger partial charge in [0.05, 0.1) is 12.5 Å². The van der Waals surface area contributed by atoms with Crippen molar-refractivity contribution in [2.45, 2.75) is 6.54 Å². The minimum absolute atomic E-state index is 0.519. The Kier molecular flexibility index (Phi) is 5.29. The molecule has 1 aliphatic heterocycles. The molecule has 3 rings (SSSR count). The lowest BCUT2D eigenvalue weighted by Crippen LogP contribution is -2.47. The SMILES string of the molecule is CS(=O)(=O)N1CCN(Cc2ccnc(Nc3ncc(C#N)s3)c2)CC1. The number of pyridine rings is 1. The Morgan fingerprint density at radius 1 is 1.32 bits per heavy atom. The summed E-state index contributed by atoms with van der Waals surface area (Å²) in [5, 5.41) is 12.6. The molecule has 0 saturated carbocycles. The van der Waals surface area contributed by atoms with Gasteiger partial charge >= 0.3 is 0 Å². The highest BCUT2D eigenvalue weighted by Crippen LogP contribution is 2.21. The summed E-state index contributed by atoms with van der Waals surface area (Å²) in [4.78, 5) is 11.2. The van der Waals surface area contributed by atoms with Crippen LogP contribution in [-0.4, -0.2) is 60.0 Å². The Labute approximate surface area is 150 Å². The fraction of sp³-hybridized carbons (Fsp3) is 0.400. The van der Waals surface area contributed by atoms with E-state index in [1.54, 1.807) is 6.20 Å². The van der Waals surface area contributed by atoms with Gasteiger partial charge in [0.25, 0.3) is 0 Å². The quantitative estimate of drug-likeness (QED) is 0.835. The maximum Gasteiger partial charge on any atom is 0.211 e. The van der Waals surface area contributed by atoms with Crippen LogP contribution in [0.3, 0.4) is 0 Å². The molecule has 8 nitrogen and oxygen atoms in total. The van der Waals surface area contributed by atoms with E-state index in [2.05, 4.69) is 26.3 Å². The third-order valence-electron chi connectivity index (χ3n) is 3.88. The second-order valence-corrected chi connectivity index (χ2v) is 8.77. The molecular formula is C15H18N6O2S2. The fourth-order valence-corrected chi connectivity index (χ4v) is 4.06. The number of sulfonamides is 1. The number of nitriles is 1. The summed E-state index contributed by atoms with van der Waals surface area (Å²) in [6, 6.07) is 5.94. The van der Waals surface area contributed by atoms with Gasteiger partial charge in [0.1, 0.15) is 16.8 Å². The molecule has 0 spiro atoms.